The van der Waals surface area contributed by atoms with Gasteiger partial charge in [0.15, 0.2) is 5.01 Å². The molecule has 3 aromatic heterocycles. The van der Waals surface area contributed by atoms with Gasteiger partial charge in [-0.05, 0) is 24.3 Å². The standard InChI is InChI=1S/C16H15N5OS2/c22-14(7-10-23-11-12-5-1-3-8-17-12)19-16-21-20-15(24-16)13-6-2-4-9-18-13/h1-6,8-9H,7,10-11H2,(H,19,21,22). The molecule has 0 aromatic carbocycles. The number of carbonyl (C=O) groups is 1. The second kappa shape index (κ2) is 8.51. The number of hydrogen-bond donors (Lipinski definition) is 1. The Morgan fingerprint density at radius 3 is 2.67 bits per heavy atom. The minimum absolute atomic E-state index is 0.0627. The molecule has 1 amide bonds. The third-order valence-corrected chi connectivity index (χ3v) is 4.86. The third-order valence-electron chi connectivity index (χ3n) is 3.00. The molecule has 3 rings (SSSR count). The predicted octanol–water partition coefficient (Wildman–Crippen LogP) is 3.26. The van der Waals surface area contributed by atoms with E-state index in [9.17, 15) is 4.79 Å². The predicted molar refractivity (Wildman–Crippen MR) is 96.8 cm³/mol. The summed E-state index contributed by atoms with van der Waals surface area (Å²) in [5.74, 6) is 1.47. The minimum atomic E-state index is -0.0627. The zero-order valence-electron chi connectivity index (χ0n) is 12.8. The Bertz CT molecular complexity index is 779. The molecule has 0 aliphatic rings. The summed E-state index contributed by atoms with van der Waals surface area (Å²) in [6, 6.07) is 11.4. The molecule has 0 radical (unpaired) electrons. The average Bonchev–Trinajstić information content (AvgIpc) is 3.09. The van der Waals surface area contributed by atoms with Gasteiger partial charge in [0.25, 0.3) is 0 Å². The van der Waals surface area contributed by atoms with E-state index in [-0.39, 0.29) is 5.91 Å². The lowest BCUT2D eigenvalue weighted by atomic mass is 10.4. The Morgan fingerprint density at radius 1 is 1.08 bits per heavy atom. The molecule has 1 N–H and O–H groups in total. The van der Waals surface area contributed by atoms with Crippen LogP contribution in [0.25, 0.3) is 10.7 Å². The van der Waals surface area contributed by atoms with Crippen LogP contribution in [-0.4, -0.2) is 31.8 Å². The van der Waals surface area contributed by atoms with E-state index in [4.69, 9.17) is 0 Å². The number of anilines is 1. The maximum Gasteiger partial charge on any atom is 0.227 e. The van der Waals surface area contributed by atoms with E-state index in [1.165, 1.54) is 11.3 Å². The van der Waals surface area contributed by atoms with Gasteiger partial charge < -0.3 is 5.32 Å². The number of amides is 1. The lowest BCUT2D eigenvalue weighted by Gasteiger charge is -2.01. The van der Waals surface area contributed by atoms with E-state index in [1.807, 2.05) is 36.4 Å². The third kappa shape index (κ3) is 4.84. The van der Waals surface area contributed by atoms with Crippen molar-refractivity contribution in [3.8, 4) is 10.7 Å². The lowest BCUT2D eigenvalue weighted by molar-refractivity contribution is -0.115. The zero-order chi connectivity index (χ0) is 16.6. The molecule has 0 atom stereocenters. The number of hydrogen-bond acceptors (Lipinski definition) is 7. The van der Waals surface area contributed by atoms with Gasteiger partial charge in [0.05, 0.1) is 5.69 Å². The topological polar surface area (TPSA) is 80.7 Å². The molecule has 8 heteroatoms. The molecule has 0 fully saturated rings. The largest absolute Gasteiger partial charge is 0.300 e. The van der Waals surface area contributed by atoms with Crippen LogP contribution in [0.2, 0.25) is 0 Å². The highest BCUT2D eigenvalue weighted by molar-refractivity contribution is 7.98. The second-order valence-electron chi connectivity index (χ2n) is 4.80. The fourth-order valence-electron chi connectivity index (χ4n) is 1.87. The summed E-state index contributed by atoms with van der Waals surface area (Å²) in [4.78, 5) is 20.4. The molecule has 0 aliphatic heterocycles. The van der Waals surface area contributed by atoms with Gasteiger partial charge in [-0.2, -0.15) is 11.8 Å². The minimum Gasteiger partial charge on any atom is -0.300 e. The Kier molecular flexibility index (Phi) is 5.86. The number of nitrogens with one attached hydrogen (secondary N) is 1. The van der Waals surface area contributed by atoms with Gasteiger partial charge in [-0.25, -0.2) is 0 Å². The molecule has 0 spiro atoms. The first kappa shape index (κ1) is 16.5. The number of pyridine rings is 2. The molecule has 3 heterocycles. The van der Waals surface area contributed by atoms with Crippen molar-refractivity contribution in [1.82, 2.24) is 20.2 Å². The fourth-order valence-corrected chi connectivity index (χ4v) is 3.46. The first-order valence-corrected chi connectivity index (χ1v) is 9.31. The molecule has 6 nitrogen and oxygen atoms in total. The first-order chi connectivity index (χ1) is 11.8. The maximum atomic E-state index is 12.0. The summed E-state index contributed by atoms with van der Waals surface area (Å²) >= 11 is 3.00. The van der Waals surface area contributed by atoms with Crippen LogP contribution in [-0.2, 0) is 10.5 Å². The van der Waals surface area contributed by atoms with Gasteiger partial charge in [0.2, 0.25) is 11.0 Å². The number of rotatable bonds is 7. The highest BCUT2D eigenvalue weighted by Gasteiger charge is 2.10. The van der Waals surface area contributed by atoms with Crippen LogP contribution in [0.4, 0.5) is 5.13 Å². The van der Waals surface area contributed by atoms with Crippen molar-refractivity contribution in [3.05, 3.63) is 54.5 Å². The molecule has 24 heavy (non-hydrogen) atoms. The average molecular weight is 357 g/mol. The van der Waals surface area contributed by atoms with Gasteiger partial charge in [0.1, 0.15) is 5.69 Å². The van der Waals surface area contributed by atoms with E-state index in [1.54, 1.807) is 24.2 Å². The second-order valence-corrected chi connectivity index (χ2v) is 6.88. The quantitative estimate of drug-likeness (QED) is 0.654. The van der Waals surface area contributed by atoms with Crippen LogP contribution in [0.15, 0.2) is 48.8 Å². The van der Waals surface area contributed by atoms with Gasteiger partial charge in [-0.3, -0.25) is 14.8 Å². The monoisotopic (exact) mass is 357 g/mol. The molecule has 0 aliphatic carbocycles. The van der Waals surface area contributed by atoms with Crippen LogP contribution in [0.1, 0.15) is 12.1 Å². The number of carbonyl (C=O) groups excluding carboxylic acids is 1. The summed E-state index contributed by atoms with van der Waals surface area (Å²) in [7, 11) is 0. The van der Waals surface area contributed by atoms with Gasteiger partial charge >= 0.3 is 0 Å². The molecule has 0 bridgehead atoms. The van der Waals surface area contributed by atoms with Crippen molar-refractivity contribution in [2.45, 2.75) is 12.2 Å². The van der Waals surface area contributed by atoms with Crippen molar-refractivity contribution < 1.29 is 4.79 Å². The normalized spacial score (nSPS) is 10.5. The summed E-state index contributed by atoms with van der Waals surface area (Å²) in [5.41, 5.74) is 1.77. The van der Waals surface area contributed by atoms with E-state index in [0.29, 0.717) is 16.6 Å². The Hall–Kier alpha value is -2.32. The molecular formula is C16H15N5OS2. The summed E-state index contributed by atoms with van der Waals surface area (Å²) < 4.78 is 0. The van der Waals surface area contributed by atoms with Crippen molar-refractivity contribution in [3.63, 3.8) is 0 Å². The van der Waals surface area contributed by atoms with Gasteiger partial charge in [0, 0.05) is 30.3 Å². The molecule has 0 unspecified atom stereocenters. The van der Waals surface area contributed by atoms with Crippen molar-refractivity contribution >= 4 is 34.1 Å². The summed E-state index contributed by atoms with van der Waals surface area (Å²) in [6.45, 7) is 0. The van der Waals surface area contributed by atoms with E-state index in [2.05, 4.69) is 25.5 Å². The molecule has 122 valence electrons. The van der Waals surface area contributed by atoms with Crippen molar-refractivity contribution in [2.24, 2.45) is 0 Å². The van der Waals surface area contributed by atoms with Crippen LogP contribution in [0.3, 0.4) is 0 Å². The Balaban J connectivity index is 1.43. The zero-order valence-corrected chi connectivity index (χ0v) is 14.4. The van der Waals surface area contributed by atoms with Gasteiger partial charge in [-0.1, -0.05) is 23.5 Å². The summed E-state index contributed by atoms with van der Waals surface area (Å²) in [5, 5.41) is 12.0. The lowest BCUT2D eigenvalue weighted by Crippen LogP contribution is -2.12. The SMILES string of the molecule is O=C(CCSCc1ccccn1)Nc1nnc(-c2ccccn2)s1. The van der Waals surface area contributed by atoms with E-state index in [0.717, 1.165) is 22.9 Å². The van der Waals surface area contributed by atoms with Crippen LogP contribution in [0.5, 0.6) is 0 Å². The van der Waals surface area contributed by atoms with Crippen LogP contribution in [0, 0.1) is 0 Å². The molecule has 3 aromatic rings. The van der Waals surface area contributed by atoms with Crippen molar-refractivity contribution in [1.29, 1.82) is 0 Å². The number of aromatic nitrogens is 4. The van der Waals surface area contributed by atoms with E-state index < -0.39 is 0 Å². The molecule has 0 saturated carbocycles. The highest BCUT2D eigenvalue weighted by atomic mass is 32.2. The van der Waals surface area contributed by atoms with Crippen LogP contribution >= 0.6 is 23.1 Å². The van der Waals surface area contributed by atoms with Gasteiger partial charge in [-0.15, -0.1) is 10.2 Å². The summed E-state index contributed by atoms with van der Waals surface area (Å²) in [6.07, 6.45) is 3.90. The maximum absolute atomic E-state index is 12.0. The van der Waals surface area contributed by atoms with Crippen LogP contribution < -0.4 is 5.32 Å². The number of nitrogens with zero attached hydrogens (tertiary/aromatic N) is 4. The number of thioether (sulfide) groups is 1. The Morgan fingerprint density at radius 2 is 1.92 bits per heavy atom. The van der Waals surface area contributed by atoms with E-state index >= 15 is 0 Å². The molecule has 0 saturated heterocycles. The molecular weight excluding hydrogens is 342 g/mol. The smallest absolute Gasteiger partial charge is 0.227 e. The highest BCUT2D eigenvalue weighted by Crippen LogP contribution is 2.24. The fraction of sp³-hybridized carbons (Fsp3) is 0.188. The first-order valence-electron chi connectivity index (χ1n) is 7.34. The Labute approximate surface area is 147 Å². The van der Waals surface area contributed by atoms with Crippen molar-refractivity contribution in [2.75, 3.05) is 11.1 Å².